The fourth-order valence-corrected chi connectivity index (χ4v) is 3.91. The first-order chi connectivity index (χ1) is 11.8. The van der Waals surface area contributed by atoms with Gasteiger partial charge in [-0.15, -0.1) is 0 Å². The van der Waals surface area contributed by atoms with Crippen LogP contribution in [0.5, 0.6) is 0 Å². The van der Waals surface area contributed by atoms with Gasteiger partial charge in [0, 0.05) is 42.8 Å². The smallest absolute Gasteiger partial charge is 0.241 e. The molecule has 2 fully saturated rings. The molecule has 2 aromatic rings. The largest absolute Gasteiger partial charge is 0.338 e. The topological polar surface area (TPSA) is 45.4 Å². The average Bonchev–Trinajstić information content (AvgIpc) is 3.28. The maximum Gasteiger partial charge on any atom is 0.241 e. The number of benzene rings is 1. The van der Waals surface area contributed by atoms with E-state index in [4.69, 9.17) is 16.1 Å². The van der Waals surface area contributed by atoms with Gasteiger partial charge in [-0.3, -0.25) is 9.80 Å². The van der Waals surface area contributed by atoms with Crippen LogP contribution in [-0.4, -0.2) is 52.2 Å². The minimum absolute atomic E-state index is 0.631. The Kier molecular flexibility index (Phi) is 4.83. The standard InChI is InChI=1S/C18H23ClN4O/c19-15-7-5-14(6-8-15)18-20-17(24-21-18)13-22-9-11-23(12-10-22)16-3-1-2-4-16/h5-8,16H,1-4,9-13H2. The summed E-state index contributed by atoms with van der Waals surface area (Å²) in [6.07, 6.45) is 5.57. The lowest BCUT2D eigenvalue weighted by atomic mass is 10.2. The van der Waals surface area contributed by atoms with Gasteiger partial charge in [-0.05, 0) is 37.1 Å². The quantitative estimate of drug-likeness (QED) is 0.848. The van der Waals surface area contributed by atoms with Gasteiger partial charge in [-0.2, -0.15) is 4.98 Å². The molecule has 1 aliphatic carbocycles. The van der Waals surface area contributed by atoms with E-state index in [1.54, 1.807) is 0 Å². The van der Waals surface area contributed by atoms with Crippen LogP contribution >= 0.6 is 11.6 Å². The van der Waals surface area contributed by atoms with Gasteiger partial charge in [-0.1, -0.05) is 29.6 Å². The van der Waals surface area contributed by atoms with Crippen molar-refractivity contribution < 1.29 is 4.52 Å². The zero-order chi connectivity index (χ0) is 16.4. The Morgan fingerprint density at radius 3 is 2.46 bits per heavy atom. The van der Waals surface area contributed by atoms with Crippen molar-refractivity contribution >= 4 is 11.6 Å². The highest BCUT2D eigenvalue weighted by Gasteiger charge is 2.26. The molecule has 0 bridgehead atoms. The summed E-state index contributed by atoms with van der Waals surface area (Å²) in [5, 5.41) is 4.80. The van der Waals surface area contributed by atoms with Crippen LogP contribution in [0.3, 0.4) is 0 Å². The highest BCUT2D eigenvalue weighted by atomic mass is 35.5. The summed E-state index contributed by atoms with van der Waals surface area (Å²) in [5.74, 6) is 1.32. The summed E-state index contributed by atoms with van der Waals surface area (Å²) in [4.78, 5) is 9.60. The van der Waals surface area contributed by atoms with Crippen molar-refractivity contribution in [3.63, 3.8) is 0 Å². The molecule has 0 unspecified atom stereocenters. The molecule has 0 N–H and O–H groups in total. The van der Waals surface area contributed by atoms with Gasteiger partial charge < -0.3 is 4.52 Å². The molecule has 1 aromatic carbocycles. The molecular weight excluding hydrogens is 324 g/mol. The summed E-state index contributed by atoms with van der Waals surface area (Å²) in [6.45, 7) is 5.20. The van der Waals surface area contributed by atoms with Crippen molar-refractivity contribution in [1.29, 1.82) is 0 Å². The van der Waals surface area contributed by atoms with Crippen LogP contribution in [0.1, 0.15) is 31.6 Å². The predicted octanol–water partition coefficient (Wildman–Crippen LogP) is 3.45. The molecule has 0 atom stereocenters. The molecule has 24 heavy (non-hydrogen) atoms. The Labute approximate surface area is 147 Å². The third-order valence-electron chi connectivity index (χ3n) is 5.18. The summed E-state index contributed by atoms with van der Waals surface area (Å²) < 4.78 is 5.43. The summed E-state index contributed by atoms with van der Waals surface area (Å²) in [7, 11) is 0. The lowest BCUT2D eigenvalue weighted by Gasteiger charge is -2.37. The van der Waals surface area contributed by atoms with Crippen LogP contribution in [-0.2, 0) is 6.54 Å². The Balaban J connectivity index is 1.32. The molecule has 2 heterocycles. The first-order valence-corrected chi connectivity index (χ1v) is 9.21. The SMILES string of the molecule is Clc1ccc(-c2noc(CN3CCN(C4CCCC4)CC3)n2)cc1. The highest BCUT2D eigenvalue weighted by Crippen LogP contribution is 2.25. The van der Waals surface area contributed by atoms with Gasteiger partial charge in [0.2, 0.25) is 11.7 Å². The van der Waals surface area contributed by atoms with E-state index in [0.29, 0.717) is 16.7 Å². The van der Waals surface area contributed by atoms with Gasteiger partial charge in [0.1, 0.15) is 0 Å². The van der Waals surface area contributed by atoms with Crippen LogP contribution in [0.2, 0.25) is 5.02 Å². The average molecular weight is 347 g/mol. The molecule has 1 saturated heterocycles. The molecule has 5 nitrogen and oxygen atoms in total. The molecule has 1 saturated carbocycles. The molecule has 0 radical (unpaired) electrons. The Hall–Kier alpha value is -1.43. The van der Waals surface area contributed by atoms with E-state index in [0.717, 1.165) is 44.3 Å². The number of aromatic nitrogens is 2. The van der Waals surface area contributed by atoms with E-state index in [1.165, 1.54) is 25.7 Å². The maximum absolute atomic E-state index is 5.92. The van der Waals surface area contributed by atoms with E-state index in [9.17, 15) is 0 Å². The molecule has 0 spiro atoms. The summed E-state index contributed by atoms with van der Waals surface area (Å²) in [5.41, 5.74) is 0.931. The zero-order valence-corrected chi connectivity index (χ0v) is 14.6. The lowest BCUT2D eigenvalue weighted by molar-refractivity contribution is 0.0868. The van der Waals surface area contributed by atoms with Crippen LogP contribution < -0.4 is 0 Å². The second-order valence-electron chi connectivity index (χ2n) is 6.77. The molecule has 128 valence electrons. The van der Waals surface area contributed by atoms with Gasteiger partial charge in [0.25, 0.3) is 0 Å². The van der Waals surface area contributed by atoms with E-state index < -0.39 is 0 Å². The number of rotatable bonds is 4. The second-order valence-corrected chi connectivity index (χ2v) is 7.21. The molecular formula is C18H23ClN4O. The predicted molar refractivity (Wildman–Crippen MR) is 93.9 cm³/mol. The third-order valence-corrected chi connectivity index (χ3v) is 5.43. The normalized spacial score (nSPS) is 20.7. The van der Waals surface area contributed by atoms with Crippen molar-refractivity contribution in [1.82, 2.24) is 19.9 Å². The molecule has 1 aliphatic heterocycles. The van der Waals surface area contributed by atoms with Crippen molar-refractivity contribution in [3.8, 4) is 11.4 Å². The monoisotopic (exact) mass is 346 g/mol. The van der Waals surface area contributed by atoms with Crippen molar-refractivity contribution in [3.05, 3.63) is 35.2 Å². The molecule has 1 aromatic heterocycles. The minimum atomic E-state index is 0.631. The minimum Gasteiger partial charge on any atom is -0.338 e. The maximum atomic E-state index is 5.92. The Bertz CT molecular complexity index is 658. The van der Waals surface area contributed by atoms with E-state index >= 15 is 0 Å². The third kappa shape index (κ3) is 3.63. The molecule has 2 aliphatic rings. The van der Waals surface area contributed by atoms with Crippen molar-refractivity contribution in [2.45, 2.75) is 38.3 Å². The van der Waals surface area contributed by atoms with Crippen LogP contribution in [0, 0.1) is 0 Å². The summed E-state index contributed by atoms with van der Waals surface area (Å²) in [6, 6.07) is 8.34. The number of hydrogen-bond donors (Lipinski definition) is 0. The Morgan fingerprint density at radius 2 is 1.75 bits per heavy atom. The number of nitrogens with zero attached hydrogens (tertiary/aromatic N) is 4. The van der Waals surface area contributed by atoms with E-state index in [1.807, 2.05) is 24.3 Å². The van der Waals surface area contributed by atoms with E-state index in [2.05, 4.69) is 19.9 Å². The fourth-order valence-electron chi connectivity index (χ4n) is 3.78. The second kappa shape index (κ2) is 7.21. The number of halogens is 1. The van der Waals surface area contributed by atoms with Crippen LogP contribution in [0.25, 0.3) is 11.4 Å². The highest BCUT2D eigenvalue weighted by molar-refractivity contribution is 6.30. The molecule has 6 heteroatoms. The first kappa shape index (κ1) is 16.1. The molecule has 4 rings (SSSR count). The summed E-state index contributed by atoms with van der Waals surface area (Å²) >= 11 is 5.92. The van der Waals surface area contributed by atoms with Crippen LogP contribution in [0.4, 0.5) is 0 Å². The van der Waals surface area contributed by atoms with Crippen molar-refractivity contribution in [2.24, 2.45) is 0 Å². The first-order valence-electron chi connectivity index (χ1n) is 8.83. The van der Waals surface area contributed by atoms with Gasteiger partial charge in [0.05, 0.1) is 6.54 Å². The van der Waals surface area contributed by atoms with Crippen molar-refractivity contribution in [2.75, 3.05) is 26.2 Å². The van der Waals surface area contributed by atoms with Gasteiger partial charge in [-0.25, -0.2) is 0 Å². The van der Waals surface area contributed by atoms with Crippen LogP contribution in [0.15, 0.2) is 28.8 Å². The van der Waals surface area contributed by atoms with E-state index in [-0.39, 0.29) is 0 Å². The Morgan fingerprint density at radius 1 is 1.04 bits per heavy atom. The lowest BCUT2D eigenvalue weighted by Crippen LogP contribution is -2.49. The zero-order valence-electron chi connectivity index (χ0n) is 13.8. The van der Waals surface area contributed by atoms with Gasteiger partial charge in [0.15, 0.2) is 0 Å². The fraction of sp³-hybridized carbons (Fsp3) is 0.556. The van der Waals surface area contributed by atoms with Gasteiger partial charge >= 0.3 is 0 Å². The molecule has 0 amide bonds. The number of piperazine rings is 1. The number of hydrogen-bond acceptors (Lipinski definition) is 5.